The first-order valence-electron chi connectivity index (χ1n) is 7.26. The van der Waals surface area contributed by atoms with Gasteiger partial charge in [-0.15, -0.1) is 0 Å². The van der Waals surface area contributed by atoms with Gasteiger partial charge in [0, 0.05) is 29.2 Å². The number of carbonyl (C=O) groups excluding carboxylic acids is 2. The lowest BCUT2D eigenvalue weighted by atomic mass is 9.98. The number of rotatable bonds is 3. The van der Waals surface area contributed by atoms with Crippen molar-refractivity contribution in [2.75, 3.05) is 5.32 Å². The Labute approximate surface area is 142 Å². The molecular weight excluding hydrogens is 335 g/mol. The number of esters is 1. The van der Waals surface area contributed by atoms with Gasteiger partial charge in [0.05, 0.1) is 5.56 Å². The third-order valence-electron chi connectivity index (χ3n) is 3.78. The monoisotopic (exact) mass is 348 g/mol. The third kappa shape index (κ3) is 3.25. The number of carbonyl (C=O) groups is 2. The maximum absolute atomic E-state index is 13.7. The number of fused-ring (bicyclic) bond motifs is 1. The van der Waals surface area contributed by atoms with Gasteiger partial charge in [-0.1, -0.05) is 23.7 Å². The molecule has 0 radical (unpaired) electrons. The molecular formula is C17H14ClFN2O3. The van der Waals surface area contributed by atoms with Crippen LogP contribution in [0.3, 0.4) is 0 Å². The Morgan fingerprint density at radius 2 is 2.12 bits per heavy atom. The van der Waals surface area contributed by atoms with E-state index in [1.54, 1.807) is 18.2 Å². The zero-order valence-electron chi connectivity index (χ0n) is 12.5. The molecule has 7 heteroatoms. The highest BCUT2D eigenvalue weighted by molar-refractivity contribution is 6.31. The lowest BCUT2D eigenvalue weighted by molar-refractivity contribution is -0.125. The molecule has 3 N–H and O–H groups in total. The number of anilines is 1. The van der Waals surface area contributed by atoms with Gasteiger partial charge in [-0.2, -0.15) is 0 Å². The third-order valence-corrected chi connectivity index (χ3v) is 4.01. The maximum Gasteiger partial charge on any atom is 0.339 e. The Hall–Kier alpha value is -2.44. The van der Waals surface area contributed by atoms with Crippen LogP contribution in [0, 0.1) is 5.82 Å². The number of hydrogen-bond acceptors (Lipinski definition) is 4. The van der Waals surface area contributed by atoms with Gasteiger partial charge in [0.25, 0.3) is 5.91 Å². The second-order valence-electron chi connectivity index (χ2n) is 5.40. The minimum Gasteiger partial charge on any atom is -0.448 e. The number of benzene rings is 2. The summed E-state index contributed by atoms with van der Waals surface area (Å²) in [5, 5.41) is 2.96. The number of cyclic esters (lactones) is 1. The Morgan fingerprint density at radius 3 is 2.83 bits per heavy atom. The summed E-state index contributed by atoms with van der Waals surface area (Å²) < 4.78 is 18.9. The zero-order chi connectivity index (χ0) is 17.3. The van der Waals surface area contributed by atoms with E-state index in [9.17, 15) is 14.0 Å². The summed E-state index contributed by atoms with van der Waals surface area (Å²) >= 11 is 5.86. The average molecular weight is 349 g/mol. The fraction of sp³-hybridized carbons (Fsp3) is 0.176. The lowest BCUT2D eigenvalue weighted by Crippen LogP contribution is -2.38. The van der Waals surface area contributed by atoms with E-state index in [1.807, 2.05) is 0 Å². The number of nitrogens with one attached hydrogen (secondary N) is 1. The van der Waals surface area contributed by atoms with Crippen molar-refractivity contribution in [3.63, 3.8) is 0 Å². The first-order chi connectivity index (χ1) is 11.5. The first kappa shape index (κ1) is 16.4. The molecule has 24 heavy (non-hydrogen) atoms. The van der Waals surface area contributed by atoms with Crippen LogP contribution in [-0.2, 0) is 22.5 Å². The Morgan fingerprint density at radius 1 is 1.33 bits per heavy atom. The van der Waals surface area contributed by atoms with Crippen LogP contribution in [0.4, 0.5) is 10.1 Å². The molecule has 0 spiro atoms. The van der Waals surface area contributed by atoms with E-state index in [4.69, 9.17) is 22.1 Å². The largest absolute Gasteiger partial charge is 0.448 e. The molecule has 0 saturated heterocycles. The quantitative estimate of drug-likeness (QED) is 0.835. The topological polar surface area (TPSA) is 81.4 Å². The molecule has 2 aromatic rings. The SMILES string of the molecule is NCc1ccc(NC(=O)C2Cc3ccc(Cl)cc3C(=O)O2)cc1F. The molecule has 5 nitrogen and oxygen atoms in total. The van der Waals surface area contributed by atoms with Crippen LogP contribution < -0.4 is 11.1 Å². The van der Waals surface area contributed by atoms with Crippen molar-refractivity contribution in [3.05, 3.63) is 63.9 Å². The fourth-order valence-corrected chi connectivity index (χ4v) is 2.68. The van der Waals surface area contributed by atoms with Gasteiger partial charge in [-0.3, -0.25) is 4.79 Å². The van der Waals surface area contributed by atoms with Crippen molar-refractivity contribution in [1.82, 2.24) is 0 Å². The minimum atomic E-state index is -0.983. The molecule has 0 saturated carbocycles. The van der Waals surface area contributed by atoms with Crippen molar-refractivity contribution in [3.8, 4) is 0 Å². The van der Waals surface area contributed by atoms with Crippen molar-refractivity contribution in [1.29, 1.82) is 0 Å². The molecule has 1 heterocycles. The Kier molecular flexibility index (Phi) is 4.51. The molecule has 1 unspecified atom stereocenters. The van der Waals surface area contributed by atoms with E-state index < -0.39 is 23.8 Å². The van der Waals surface area contributed by atoms with E-state index in [0.29, 0.717) is 21.7 Å². The van der Waals surface area contributed by atoms with Crippen LogP contribution in [-0.4, -0.2) is 18.0 Å². The van der Waals surface area contributed by atoms with Crippen LogP contribution in [0.15, 0.2) is 36.4 Å². The Balaban J connectivity index is 1.75. The molecule has 3 rings (SSSR count). The van der Waals surface area contributed by atoms with E-state index in [2.05, 4.69) is 5.32 Å². The summed E-state index contributed by atoms with van der Waals surface area (Å²) in [5.74, 6) is -1.64. The molecule has 0 aromatic heterocycles. The normalized spacial score (nSPS) is 16.3. The van der Waals surface area contributed by atoms with Gasteiger partial charge < -0.3 is 15.8 Å². The van der Waals surface area contributed by atoms with Crippen molar-refractivity contribution in [2.24, 2.45) is 5.73 Å². The minimum absolute atomic E-state index is 0.0691. The van der Waals surface area contributed by atoms with E-state index >= 15 is 0 Å². The second-order valence-corrected chi connectivity index (χ2v) is 5.84. The van der Waals surface area contributed by atoms with Crippen LogP contribution >= 0.6 is 11.6 Å². The van der Waals surface area contributed by atoms with Crippen molar-refractivity contribution >= 4 is 29.2 Å². The summed E-state index contributed by atoms with van der Waals surface area (Å²) in [7, 11) is 0. The first-order valence-corrected chi connectivity index (χ1v) is 7.64. The smallest absolute Gasteiger partial charge is 0.339 e. The van der Waals surface area contributed by atoms with Crippen molar-refractivity contribution in [2.45, 2.75) is 19.1 Å². The number of hydrogen-bond donors (Lipinski definition) is 2. The fourth-order valence-electron chi connectivity index (χ4n) is 2.51. The highest BCUT2D eigenvalue weighted by Crippen LogP contribution is 2.25. The van der Waals surface area contributed by atoms with Gasteiger partial charge in [0.15, 0.2) is 6.10 Å². The van der Waals surface area contributed by atoms with Crippen LogP contribution in [0.5, 0.6) is 0 Å². The van der Waals surface area contributed by atoms with Gasteiger partial charge in [-0.05, 0) is 29.8 Å². The number of ether oxygens (including phenoxy) is 1. The number of amides is 1. The average Bonchev–Trinajstić information content (AvgIpc) is 2.55. The van der Waals surface area contributed by atoms with E-state index in [-0.39, 0.29) is 18.7 Å². The van der Waals surface area contributed by atoms with Crippen LogP contribution in [0.2, 0.25) is 5.02 Å². The lowest BCUT2D eigenvalue weighted by Gasteiger charge is -2.24. The molecule has 0 aliphatic carbocycles. The standard InChI is InChI=1S/C17H14ClFN2O3/c18-11-3-1-9-5-15(24-17(23)13(9)6-11)16(22)21-12-4-2-10(8-20)14(19)7-12/h1-4,6-7,15H,5,8,20H2,(H,21,22). The van der Waals surface area contributed by atoms with Gasteiger partial charge in [-0.25, -0.2) is 9.18 Å². The van der Waals surface area contributed by atoms with Crippen molar-refractivity contribution < 1.29 is 18.7 Å². The summed E-state index contributed by atoms with van der Waals surface area (Å²) in [5.41, 5.74) is 7.05. The molecule has 0 fully saturated rings. The Bertz CT molecular complexity index is 825. The molecule has 1 amide bonds. The molecule has 0 bridgehead atoms. The van der Waals surface area contributed by atoms with Gasteiger partial charge >= 0.3 is 5.97 Å². The second kappa shape index (κ2) is 6.59. The predicted molar refractivity (Wildman–Crippen MR) is 87.3 cm³/mol. The number of halogens is 2. The summed E-state index contributed by atoms with van der Waals surface area (Å²) in [6.07, 6.45) is -0.753. The van der Waals surface area contributed by atoms with Crippen LogP contribution in [0.1, 0.15) is 21.5 Å². The molecule has 124 valence electrons. The maximum atomic E-state index is 13.7. The molecule has 1 aliphatic rings. The molecule has 1 aliphatic heterocycles. The number of nitrogens with two attached hydrogens (primary N) is 1. The van der Waals surface area contributed by atoms with E-state index in [0.717, 1.165) is 0 Å². The summed E-state index contributed by atoms with van der Waals surface area (Å²) in [6.45, 7) is 0.0691. The van der Waals surface area contributed by atoms with E-state index in [1.165, 1.54) is 18.2 Å². The highest BCUT2D eigenvalue weighted by Gasteiger charge is 2.31. The van der Waals surface area contributed by atoms with Gasteiger partial charge in [0.1, 0.15) is 5.82 Å². The summed E-state index contributed by atoms with van der Waals surface area (Å²) in [4.78, 5) is 24.3. The van der Waals surface area contributed by atoms with Gasteiger partial charge in [0.2, 0.25) is 0 Å². The molecule has 1 atom stereocenters. The molecule has 2 aromatic carbocycles. The van der Waals surface area contributed by atoms with Crippen LogP contribution in [0.25, 0.3) is 0 Å². The zero-order valence-corrected chi connectivity index (χ0v) is 13.3. The summed E-state index contributed by atoms with van der Waals surface area (Å²) in [6, 6.07) is 9.06. The highest BCUT2D eigenvalue weighted by atomic mass is 35.5. The predicted octanol–water partition coefficient (Wildman–Crippen LogP) is 2.66.